The van der Waals surface area contributed by atoms with Gasteiger partial charge in [-0.15, -0.1) is 0 Å². The number of alkyl halides is 3. The van der Waals surface area contributed by atoms with Crippen molar-refractivity contribution in [2.24, 2.45) is 5.92 Å². The molecule has 1 atom stereocenters. The molecule has 0 unspecified atom stereocenters. The van der Waals surface area contributed by atoms with Crippen molar-refractivity contribution in [3.63, 3.8) is 0 Å². The number of halogens is 3. The molecule has 0 saturated heterocycles. The third-order valence-electron chi connectivity index (χ3n) is 4.35. The lowest BCUT2D eigenvalue weighted by atomic mass is 9.89. The predicted octanol–water partition coefficient (Wildman–Crippen LogP) is 6.27. The Labute approximate surface area is 134 Å². The zero-order valence-electron chi connectivity index (χ0n) is 12.8. The summed E-state index contributed by atoms with van der Waals surface area (Å²) in [6, 6.07) is 13.5. The first kappa shape index (κ1) is 15.9. The van der Waals surface area contributed by atoms with Gasteiger partial charge >= 0.3 is 6.18 Å². The van der Waals surface area contributed by atoms with Crippen molar-refractivity contribution in [2.45, 2.75) is 31.9 Å². The van der Waals surface area contributed by atoms with Gasteiger partial charge in [0.2, 0.25) is 0 Å². The van der Waals surface area contributed by atoms with Crippen LogP contribution in [0.4, 0.5) is 13.2 Å². The second kappa shape index (κ2) is 6.61. The fourth-order valence-electron chi connectivity index (χ4n) is 3.04. The molecule has 0 amide bonds. The second-order valence-corrected chi connectivity index (χ2v) is 6.10. The average Bonchev–Trinajstić information content (AvgIpc) is 2.56. The molecule has 0 saturated carbocycles. The fourth-order valence-corrected chi connectivity index (χ4v) is 3.04. The summed E-state index contributed by atoms with van der Waals surface area (Å²) < 4.78 is 37.8. The van der Waals surface area contributed by atoms with Crippen LogP contribution in [0.15, 0.2) is 60.7 Å². The first-order valence-corrected chi connectivity index (χ1v) is 7.95. The van der Waals surface area contributed by atoms with Crippen molar-refractivity contribution in [1.82, 2.24) is 0 Å². The number of rotatable bonds is 3. The smallest absolute Gasteiger partial charge is 0.166 e. The third-order valence-corrected chi connectivity index (χ3v) is 4.35. The molecule has 1 aliphatic carbocycles. The summed E-state index contributed by atoms with van der Waals surface area (Å²) in [4.78, 5) is 0. The molecule has 0 spiro atoms. The molecule has 0 radical (unpaired) electrons. The Hall–Kier alpha value is -2.03. The van der Waals surface area contributed by atoms with Crippen LogP contribution in [-0.4, -0.2) is 0 Å². The van der Waals surface area contributed by atoms with Gasteiger partial charge in [-0.25, -0.2) is 0 Å². The molecule has 3 heteroatoms. The fraction of sp³-hybridized carbons (Fsp3) is 0.300. The Morgan fingerprint density at radius 1 is 0.870 bits per heavy atom. The Morgan fingerprint density at radius 2 is 1.48 bits per heavy atom. The number of hydrogen-bond acceptors (Lipinski definition) is 0. The Kier molecular flexibility index (Phi) is 4.56. The van der Waals surface area contributed by atoms with Gasteiger partial charge in [-0.2, -0.15) is 13.2 Å². The molecule has 0 fully saturated rings. The molecule has 0 bridgehead atoms. The van der Waals surface area contributed by atoms with Gasteiger partial charge in [0.25, 0.3) is 0 Å². The normalized spacial score (nSPS) is 18.1. The minimum absolute atomic E-state index is 0.609. The Morgan fingerprint density at radius 3 is 2.00 bits per heavy atom. The molecule has 1 aliphatic rings. The first-order chi connectivity index (χ1) is 11.0. The van der Waals surface area contributed by atoms with Crippen LogP contribution >= 0.6 is 0 Å². The standard InChI is InChI=1S/C20H19F3/c21-20(22,23)19-12-10-18(11-13-19)17-8-6-16(7-9-17)14-15-4-2-1-3-5-15/h2,4,6-13,15H,1,3,5,14H2/t15-/m1/s1. The molecular weight excluding hydrogens is 297 g/mol. The van der Waals surface area contributed by atoms with E-state index in [1.165, 1.54) is 37.0 Å². The van der Waals surface area contributed by atoms with Crippen LogP contribution in [0.3, 0.4) is 0 Å². The van der Waals surface area contributed by atoms with Crippen LogP contribution in [0.5, 0.6) is 0 Å². The van der Waals surface area contributed by atoms with E-state index in [0.717, 1.165) is 29.7 Å². The van der Waals surface area contributed by atoms with Gasteiger partial charge < -0.3 is 0 Å². The zero-order valence-corrected chi connectivity index (χ0v) is 12.8. The summed E-state index contributed by atoms with van der Waals surface area (Å²) in [5.41, 5.74) is 2.42. The van der Waals surface area contributed by atoms with Gasteiger partial charge in [-0.05, 0) is 60.4 Å². The molecule has 0 nitrogen and oxygen atoms in total. The first-order valence-electron chi connectivity index (χ1n) is 7.95. The van der Waals surface area contributed by atoms with Gasteiger partial charge in [0, 0.05) is 0 Å². The van der Waals surface area contributed by atoms with E-state index in [4.69, 9.17) is 0 Å². The highest BCUT2D eigenvalue weighted by molar-refractivity contribution is 5.64. The highest BCUT2D eigenvalue weighted by Gasteiger charge is 2.29. The van der Waals surface area contributed by atoms with Crippen molar-refractivity contribution in [3.8, 4) is 11.1 Å². The number of allylic oxidation sites excluding steroid dienone is 2. The van der Waals surface area contributed by atoms with Crippen LogP contribution in [0.25, 0.3) is 11.1 Å². The Balaban J connectivity index is 1.71. The van der Waals surface area contributed by atoms with Crippen molar-refractivity contribution < 1.29 is 13.2 Å². The monoisotopic (exact) mass is 316 g/mol. The van der Waals surface area contributed by atoms with E-state index in [1.54, 1.807) is 0 Å². The number of hydrogen-bond donors (Lipinski definition) is 0. The maximum Gasteiger partial charge on any atom is 0.416 e. The quantitative estimate of drug-likeness (QED) is 0.585. The van der Waals surface area contributed by atoms with Gasteiger partial charge in [0.05, 0.1) is 5.56 Å². The van der Waals surface area contributed by atoms with E-state index in [-0.39, 0.29) is 0 Å². The summed E-state index contributed by atoms with van der Waals surface area (Å²) in [5, 5.41) is 0. The molecule has 2 aromatic rings. The van der Waals surface area contributed by atoms with Crippen molar-refractivity contribution in [2.75, 3.05) is 0 Å². The highest BCUT2D eigenvalue weighted by Crippen LogP contribution is 2.31. The molecule has 2 aromatic carbocycles. The minimum Gasteiger partial charge on any atom is -0.166 e. The minimum atomic E-state index is -4.28. The molecule has 0 aromatic heterocycles. The van der Waals surface area contributed by atoms with Gasteiger partial charge in [0.15, 0.2) is 0 Å². The predicted molar refractivity (Wildman–Crippen MR) is 87.1 cm³/mol. The van der Waals surface area contributed by atoms with Crippen LogP contribution in [0, 0.1) is 5.92 Å². The van der Waals surface area contributed by atoms with E-state index in [1.807, 2.05) is 12.1 Å². The van der Waals surface area contributed by atoms with Crippen LogP contribution < -0.4 is 0 Å². The molecule has 0 heterocycles. The van der Waals surface area contributed by atoms with Crippen LogP contribution in [0.1, 0.15) is 30.4 Å². The topological polar surface area (TPSA) is 0 Å². The second-order valence-electron chi connectivity index (χ2n) is 6.10. The van der Waals surface area contributed by atoms with Crippen molar-refractivity contribution in [1.29, 1.82) is 0 Å². The molecular formula is C20H19F3. The summed E-state index contributed by atoms with van der Waals surface area (Å²) in [5.74, 6) is 0.612. The molecule has 0 N–H and O–H groups in total. The lowest BCUT2D eigenvalue weighted by Gasteiger charge is -2.16. The number of benzene rings is 2. The maximum absolute atomic E-state index is 12.6. The average molecular weight is 316 g/mol. The van der Waals surface area contributed by atoms with E-state index in [0.29, 0.717) is 5.92 Å². The van der Waals surface area contributed by atoms with Gasteiger partial charge in [-0.1, -0.05) is 48.6 Å². The lowest BCUT2D eigenvalue weighted by Crippen LogP contribution is -2.04. The van der Waals surface area contributed by atoms with E-state index >= 15 is 0 Å². The van der Waals surface area contributed by atoms with E-state index < -0.39 is 11.7 Å². The highest BCUT2D eigenvalue weighted by atomic mass is 19.4. The van der Waals surface area contributed by atoms with Gasteiger partial charge in [-0.3, -0.25) is 0 Å². The summed E-state index contributed by atoms with van der Waals surface area (Å²) >= 11 is 0. The molecule has 120 valence electrons. The maximum atomic E-state index is 12.6. The van der Waals surface area contributed by atoms with Crippen molar-refractivity contribution in [3.05, 3.63) is 71.8 Å². The molecule has 3 rings (SSSR count). The summed E-state index contributed by atoms with van der Waals surface area (Å²) in [7, 11) is 0. The SMILES string of the molecule is FC(F)(F)c1ccc(-c2ccc(C[C@@H]3C=CCCC3)cc2)cc1. The lowest BCUT2D eigenvalue weighted by molar-refractivity contribution is -0.137. The third kappa shape index (κ3) is 4.04. The molecule has 23 heavy (non-hydrogen) atoms. The van der Waals surface area contributed by atoms with Crippen LogP contribution in [0.2, 0.25) is 0 Å². The van der Waals surface area contributed by atoms with E-state index in [9.17, 15) is 13.2 Å². The Bertz CT molecular complexity index is 664. The largest absolute Gasteiger partial charge is 0.416 e. The van der Waals surface area contributed by atoms with Crippen molar-refractivity contribution >= 4 is 0 Å². The zero-order chi connectivity index (χ0) is 16.3. The molecule has 0 aliphatic heterocycles. The summed E-state index contributed by atoms with van der Waals surface area (Å²) in [6.45, 7) is 0. The van der Waals surface area contributed by atoms with Crippen LogP contribution in [-0.2, 0) is 12.6 Å². The summed E-state index contributed by atoms with van der Waals surface area (Å²) in [6.07, 6.45) is 4.98. The van der Waals surface area contributed by atoms with Gasteiger partial charge in [0.1, 0.15) is 0 Å². The van der Waals surface area contributed by atoms with E-state index in [2.05, 4.69) is 24.3 Å².